The van der Waals surface area contributed by atoms with Gasteiger partial charge in [0, 0.05) is 0 Å². The van der Waals surface area contributed by atoms with Crippen LogP contribution in [-0.2, 0) is 4.74 Å². The zero-order valence-corrected chi connectivity index (χ0v) is 11.6. The largest absolute Gasteiger partial charge is 0.461 e. The van der Waals surface area contributed by atoms with E-state index >= 15 is 0 Å². The molecule has 0 aliphatic rings. The summed E-state index contributed by atoms with van der Waals surface area (Å²) in [6, 6.07) is 5.60. The number of esters is 1. The van der Waals surface area contributed by atoms with Crippen molar-refractivity contribution in [3.8, 4) is 5.69 Å². The molecule has 0 bridgehead atoms. The third-order valence-electron chi connectivity index (χ3n) is 2.40. The smallest absolute Gasteiger partial charge is 0.360 e. The molecule has 0 atom stereocenters. The maximum Gasteiger partial charge on any atom is 0.360 e. The van der Waals surface area contributed by atoms with Gasteiger partial charge in [0.05, 0.1) is 16.8 Å². The van der Waals surface area contributed by atoms with E-state index in [-0.39, 0.29) is 23.9 Å². The van der Waals surface area contributed by atoms with Gasteiger partial charge in [0.25, 0.3) is 0 Å². The molecule has 0 aliphatic heterocycles. The molecular weight excluding hydrogens is 317 g/mol. The van der Waals surface area contributed by atoms with Crippen molar-refractivity contribution < 1.29 is 13.9 Å². The van der Waals surface area contributed by atoms with Crippen molar-refractivity contribution in [1.29, 1.82) is 0 Å². The fourth-order valence-electron chi connectivity index (χ4n) is 1.52. The Balaban J connectivity index is 2.45. The molecule has 2 rings (SSSR count). The molecule has 1 aromatic heterocycles. The van der Waals surface area contributed by atoms with Crippen LogP contribution in [0.4, 0.5) is 10.2 Å². The molecule has 0 unspecified atom stereocenters. The van der Waals surface area contributed by atoms with Crippen molar-refractivity contribution in [2.24, 2.45) is 0 Å². The maximum absolute atomic E-state index is 12.9. The number of carbonyl (C=O) groups is 1. The second kappa shape index (κ2) is 5.40. The van der Waals surface area contributed by atoms with E-state index in [0.29, 0.717) is 10.2 Å². The minimum Gasteiger partial charge on any atom is -0.461 e. The van der Waals surface area contributed by atoms with Crippen LogP contribution >= 0.6 is 15.9 Å². The molecule has 1 heterocycles. The molecule has 5 nitrogen and oxygen atoms in total. The van der Waals surface area contributed by atoms with E-state index in [0.717, 1.165) is 0 Å². The Labute approximate surface area is 117 Å². The van der Waals surface area contributed by atoms with Crippen LogP contribution in [0.15, 0.2) is 28.7 Å². The lowest BCUT2D eigenvalue weighted by atomic mass is 10.3. The standard InChI is InChI=1S/C12H11BrFN3O2/c1-2-19-12(18)10-9(13)11(15)17(16-10)8-5-3-7(14)4-6-8/h3-6H,2,15H2,1H3. The predicted octanol–water partition coefficient (Wildman–Crippen LogP) is 2.53. The van der Waals surface area contributed by atoms with Crippen LogP contribution < -0.4 is 5.73 Å². The van der Waals surface area contributed by atoms with Crippen molar-refractivity contribution in [3.05, 3.63) is 40.2 Å². The lowest BCUT2D eigenvalue weighted by Gasteiger charge is -2.03. The number of ether oxygens (including phenoxy) is 1. The van der Waals surface area contributed by atoms with Gasteiger partial charge in [0.1, 0.15) is 11.6 Å². The van der Waals surface area contributed by atoms with Gasteiger partial charge in [-0.3, -0.25) is 0 Å². The van der Waals surface area contributed by atoms with Gasteiger partial charge < -0.3 is 10.5 Å². The normalized spacial score (nSPS) is 10.5. The molecule has 2 N–H and O–H groups in total. The van der Waals surface area contributed by atoms with Crippen molar-refractivity contribution >= 4 is 27.7 Å². The van der Waals surface area contributed by atoms with E-state index in [1.807, 2.05) is 0 Å². The number of anilines is 1. The number of benzene rings is 1. The summed E-state index contributed by atoms with van der Waals surface area (Å²) in [5.41, 5.74) is 6.50. The monoisotopic (exact) mass is 327 g/mol. The van der Waals surface area contributed by atoms with Crippen LogP contribution in [0.2, 0.25) is 0 Å². The second-order valence-corrected chi connectivity index (χ2v) is 4.45. The highest BCUT2D eigenvalue weighted by Crippen LogP contribution is 2.27. The number of nitrogens with zero attached hydrogens (tertiary/aromatic N) is 2. The highest BCUT2D eigenvalue weighted by molar-refractivity contribution is 9.10. The maximum atomic E-state index is 12.9. The third kappa shape index (κ3) is 2.60. The molecule has 0 fully saturated rings. The number of aromatic nitrogens is 2. The summed E-state index contributed by atoms with van der Waals surface area (Å²) in [6.07, 6.45) is 0. The topological polar surface area (TPSA) is 70.1 Å². The Morgan fingerprint density at radius 2 is 2.11 bits per heavy atom. The zero-order chi connectivity index (χ0) is 14.0. The summed E-state index contributed by atoms with van der Waals surface area (Å²) >= 11 is 3.20. The number of rotatable bonds is 3. The molecule has 2 aromatic rings. The van der Waals surface area contributed by atoms with Crippen molar-refractivity contribution in [3.63, 3.8) is 0 Å². The van der Waals surface area contributed by atoms with E-state index in [1.54, 1.807) is 6.92 Å². The van der Waals surface area contributed by atoms with Gasteiger partial charge in [0.15, 0.2) is 5.69 Å². The first-order chi connectivity index (χ1) is 9.04. The quantitative estimate of drug-likeness (QED) is 0.879. The van der Waals surface area contributed by atoms with Gasteiger partial charge >= 0.3 is 5.97 Å². The minimum atomic E-state index is -0.568. The molecule has 0 amide bonds. The first-order valence-electron chi connectivity index (χ1n) is 5.51. The molecule has 19 heavy (non-hydrogen) atoms. The van der Waals surface area contributed by atoms with Gasteiger partial charge in [-0.25, -0.2) is 13.9 Å². The molecule has 0 spiro atoms. The van der Waals surface area contributed by atoms with E-state index < -0.39 is 5.97 Å². The van der Waals surface area contributed by atoms with Gasteiger partial charge in [-0.05, 0) is 47.1 Å². The Morgan fingerprint density at radius 3 is 2.68 bits per heavy atom. The summed E-state index contributed by atoms with van der Waals surface area (Å²) in [4.78, 5) is 11.7. The molecular formula is C12H11BrFN3O2. The number of nitrogens with two attached hydrogens (primary N) is 1. The van der Waals surface area contributed by atoms with Crippen molar-refractivity contribution in [2.45, 2.75) is 6.92 Å². The Kier molecular flexibility index (Phi) is 3.84. The lowest BCUT2D eigenvalue weighted by Crippen LogP contribution is -2.07. The van der Waals surface area contributed by atoms with E-state index in [9.17, 15) is 9.18 Å². The van der Waals surface area contributed by atoms with Crippen LogP contribution in [-0.4, -0.2) is 22.4 Å². The van der Waals surface area contributed by atoms with Gasteiger partial charge in [-0.2, -0.15) is 5.10 Å². The van der Waals surface area contributed by atoms with Gasteiger partial charge in [-0.15, -0.1) is 0 Å². The Morgan fingerprint density at radius 1 is 1.47 bits per heavy atom. The summed E-state index contributed by atoms with van der Waals surface area (Å²) < 4.78 is 19.4. The van der Waals surface area contributed by atoms with Crippen LogP contribution in [0.3, 0.4) is 0 Å². The summed E-state index contributed by atoms with van der Waals surface area (Å²) in [5, 5.41) is 4.08. The van der Waals surface area contributed by atoms with Crippen molar-refractivity contribution in [1.82, 2.24) is 9.78 Å². The van der Waals surface area contributed by atoms with Crippen LogP contribution in [0, 0.1) is 5.82 Å². The number of hydrogen-bond acceptors (Lipinski definition) is 4. The van der Waals surface area contributed by atoms with E-state index in [2.05, 4.69) is 21.0 Å². The lowest BCUT2D eigenvalue weighted by molar-refractivity contribution is 0.0518. The minimum absolute atomic E-state index is 0.0867. The fourth-order valence-corrected chi connectivity index (χ4v) is 1.93. The molecule has 0 saturated carbocycles. The first-order valence-corrected chi connectivity index (χ1v) is 6.31. The molecule has 1 aromatic carbocycles. The van der Waals surface area contributed by atoms with E-state index in [4.69, 9.17) is 10.5 Å². The second-order valence-electron chi connectivity index (χ2n) is 3.66. The summed E-state index contributed by atoms with van der Waals surface area (Å²) in [7, 11) is 0. The highest BCUT2D eigenvalue weighted by atomic mass is 79.9. The highest BCUT2D eigenvalue weighted by Gasteiger charge is 2.21. The number of hydrogen-bond donors (Lipinski definition) is 1. The first kappa shape index (κ1) is 13.5. The zero-order valence-electron chi connectivity index (χ0n) is 10.1. The number of nitrogen functional groups attached to an aromatic ring is 1. The van der Waals surface area contributed by atoms with Gasteiger partial charge in [0.2, 0.25) is 0 Å². The van der Waals surface area contributed by atoms with Crippen LogP contribution in [0.1, 0.15) is 17.4 Å². The number of halogens is 2. The molecule has 7 heteroatoms. The summed E-state index contributed by atoms with van der Waals surface area (Å²) in [6.45, 7) is 1.95. The Hall–Kier alpha value is -1.89. The average Bonchev–Trinajstić information content (AvgIpc) is 2.68. The predicted molar refractivity (Wildman–Crippen MR) is 71.6 cm³/mol. The Bertz CT molecular complexity index is 610. The van der Waals surface area contributed by atoms with E-state index in [1.165, 1.54) is 28.9 Å². The molecule has 0 radical (unpaired) electrons. The summed E-state index contributed by atoms with van der Waals surface area (Å²) in [5.74, 6) is -0.684. The molecule has 0 aliphatic carbocycles. The third-order valence-corrected chi connectivity index (χ3v) is 3.18. The fraction of sp³-hybridized carbons (Fsp3) is 0.167. The SMILES string of the molecule is CCOC(=O)c1nn(-c2ccc(F)cc2)c(N)c1Br. The van der Waals surface area contributed by atoms with Crippen molar-refractivity contribution in [2.75, 3.05) is 12.3 Å². The van der Waals surface area contributed by atoms with Gasteiger partial charge in [-0.1, -0.05) is 0 Å². The van der Waals surface area contributed by atoms with Crippen LogP contribution in [0.25, 0.3) is 5.69 Å². The number of carbonyl (C=O) groups excluding carboxylic acids is 1. The molecule has 100 valence electrons. The molecule has 0 saturated heterocycles. The van der Waals surface area contributed by atoms with Crippen LogP contribution in [0.5, 0.6) is 0 Å². The average molecular weight is 328 g/mol.